The molecule has 0 spiro atoms. The number of carbonyl (C=O) groups is 2. The fourth-order valence-electron chi connectivity index (χ4n) is 5.01. The highest BCUT2D eigenvalue weighted by molar-refractivity contribution is 7.09. The predicted octanol–water partition coefficient (Wildman–Crippen LogP) is 3.55. The number of aliphatic hydroxyl groups excluding tert-OH is 3. The van der Waals surface area contributed by atoms with Crippen molar-refractivity contribution in [2.24, 2.45) is 17.3 Å². The van der Waals surface area contributed by atoms with Gasteiger partial charge in [-0.05, 0) is 30.9 Å². The summed E-state index contributed by atoms with van der Waals surface area (Å²) >= 11 is 1.21. The van der Waals surface area contributed by atoms with Gasteiger partial charge in [0.05, 0.1) is 36.3 Å². The van der Waals surface area contributed by atoms with Crippen LogP contribution in [0.25, 0.3) is 6.08 Å². The molecule has 1 aromatic heterocycles. The number of rotatable bonds is 3. The highest BCUT2D eigenvalue weighted by Gasteiger charge is 2.49. The lowest BCUT2D eigenvalue weighted by molar-refractivity contribution is -0.154. The monoisotopic (exact) mass is 574 g/mol. The van der Waals surface area contributed by atoms with Crippen LogP contribution in [0.3, 0.4) is 0 Å². The number of ketones is 1. The summed E-state index contributed by atoms with van der Waals surface area (Å²) < 4.78 is 47.4. The number of esters is 1. The third-order valence-electron chi connectivity index (χ3n) is 7.83. The normalized spacial score (nSPS) is 34.6. The number of nitrogens with one attached hydrogen (secondary N) is 1. The van der Waals surface area contributed by atoms with Crippen molar-refractivity contribution in [3.8, 4) is 0 Å². The van der Waals surface area contributed by atoms with Crippen molar-refractivity contribution in [3.63, 3.8) is 0 Å². The standard InChI is InChI=1S/C27H37F3N2O6S/c1-13(8-17-12-39-21(11-33)31-17)19-7-6-16(27(28,29)30)9-18-23(32-18)14(2)24(36)15(3)25(37)26(4,5)20(34)10-22(35)38-19/h6,8,12,14-15,18-20,23-24,32-34,36H,7,9-11H2,1-5H3/b13-8?,16-6+/t14-,15+,18?,19+,20-,23?,24+/m0/s1. The van der Waals surface area contributed by atoms with Crippen LogP contribution in [0.1, 0.15) is 64.6 Å². The van der Waals surface area contributed by atoms with Crippen molar-refractivity contribution in [1.29, 1.82) is 0 Å². The van der Waals surface area contributed by atoms with Crippen LogP contribution in [0.5, 0.6) is 0 Å². The molecule has 0 bridgehead atoms. The zero-order valence-electron chi connectivity index (χ0n) is 22.7. The van der Waals surface area contributed by atoms with E-state index in [-0.39, 0.29) is 19.4 Å². The number of Topliss-reactive ketones (excluding diaryl/α,β-unsaturated/α-hetero) is 1. The molecule has 2 unspecified atom stereocenters. The number of fused-ring (bicyclic) bond motifs is 1. The number of halogens is 3. The Kier molecular flexibility index (Phi) is 9.80. The Morgan fingerprint density at radius 3 is 2.51 bits per heavy atom. The molecule has 2 aliphatic rings. The summed E-state index contributed by atoms with van der Waals surface area (Å²) in [5, 5.41) is 36.1. The number of nitrogens with zero attached hydrogens (tertiary/aromatic N) is 1. The fraction of sp³-hybridized carbons (Fsp3) is 0.667. The lowest BCUT2D eigenvalue weighted by atomic mass is 9.73. The van der Waals surface area contributed by atoms with Gasteiger partial charge in [-0.1, -0.05) is 33.8 Å². The Hall–Kier alpha value is -2.12. The first-order chi connectivity index (χ1) is 18.1. The van der Waals surface area contributed by atoms with Crippen molar-refractivity contribution >= 4 is 29.2 Å². The second-order valence-electron chi connectivity index (χ2n) is 11.1. The molecule has 8 nitrogen and oxygen atoms in total. The van der Waals surface area contributed by atoms with Gasteiger partial charge in [0.2, 0.25) is 0 Å². The SMILES string of the molecule is CC(=Cc1csc(CO)n1)[C@H]1C/C=C(/C(F)(F)F)CC2NC2[C@H](C)[C@@H](O)[C@@H](C)C(=O)C(C)(C)[C@@H](O)CC(=O)O1. The van der Waals surface area contributed by atoms with Crippen molar-refractivity contribution in [2.45, 2.75) is 97.1 Å². The van der Waals surface area contributed by atoms with Gasteiger partial charge < -0.3 is 25.4 Å². The first kappa shape index (κ1) is 31.4. The van der Waals surface area contributed by atoms with Crippen molar-refractivity contribution < 1.29 is 42.8 Å². The molecule has 0 aromatic carbocycles. The topological polar surface area (TPSA) is 139 Å². The van der Waals surface area contributed by atoms with E-state index in [1.807, 2.05) is 0 Å². The van der Waals surface area contributed by atoms with Crippen LogP contribution in [-0.2, 0) is 20.9 Å². The minimum atomic E-state index is -4.62. The Morgan fingerprint density at radius 1 is 1.26 bits per heavy atom. The first-order valence-electron chi connectivity index (χ1n) is 12.9. The molecule has 1 fully saturated rings. The molecule has 39 heavy (non-hydrogen) atoms. The molecule has 7 atom stereocenters. The Bertz CT molecular complexity index is 1120. The van der Waals surface area contributed by atoms with Gasteiger partial charge in [0, 0.05) is 35.4 Å². The van der Waals surface area contributed by atoms with E-state index >= 15 is 0 Å². The molecule has 3 rings (SSSR count). The molecule has 2 aliphatic heterocycles. The van der Waals surface area contributed by atoms with Crippen molar-refractivity contribution in [1.82, 2.24) is 10.3 Å². The van der Waals surface area contributed by atoms with Gasteiger partial charge in [-0.25, -0.2) is 4.98 Å². The highest BCUT2D eigenvalue weighted by Crippen LogP contribution is 2.38. The maximum atomic E-state index is 14.0. The van der Waals surface area contributed by atoms with Gasteiger partial charge >= 0.3 is 12.1 Å². The Balaban J connectivity index is 1.98. The van der Waals surface area contributed by atoms with Gasteiger partial charge in [0.25, 0.3) is 0 Å². The maximum absolute atomic E-state index is 14.0. The zero-order valence-corrected chi connectivity index (χ0v) is 23.5. The lowest BCUT2D eigenvalue weighted by Gasteiger charge is -2.34. The summed E-state index contributed by atoms with van der Waals surface area (Å²) in [6.07, 6.45) is -6.89. The number of carbonyl (C=O) groups excluding carboxylic acids is 2. The minimum absolute atomic E-state index is 0.259. The molecule has 1 saturated heterocycles. The van der Waals surface area contributed by atoms with E-state index in [4.69, 9.17) is 4.74 Å². The first-order valence-corrected chi connectivity index (χ1v) is 13.8. The number of alkyl halides is 3. The van der Waals surface area contributed by atoms with E-state index in [1.165, 1.54) is 32.1 Å². The number of hydrogen-bond donors (Lipinski definition) is 4. The molecular weight excluding hydrogens is 537 g/mol. The molecule has 3 heterocycles. The second-order valence-corrected chi connectivity index (χ2v) is 12.0. The van der Waals surface area contributed by atoms with Gasteiger partial charge in [0.1, 0.15) is 16.9 Å². The van der Waals surface area contributed by atoms with Crippen LogP contribution >= 0.6 is 11.3 Å². The van der Waals surface area contributed by atoms with Crippen LogP contribution in [0, 0.1) is 17.3 Å². The lowest BCUT2D eigenvalue weighted by Crippen LogP contribution is -2.46. The highest BCUT2D eigenvalue weighted by atomic mass is 32.1. The average molecular weight is 575 g/mol. The second kappa shape index (κ2) is 12.2. The number of aliphatic hydroxyl groups is 3. The van der Waals surface area contributed by atoms with E-state index in [9.17, 15) is 38.1 Å². The van der Waals surface area contributed by atoms with Crippen LogP contribution in [0.2, 0.25) is 0 Å². The van der Waals surface area contributed by atoms with Gasteiger partial charge in [-0.15, -0.1) is 11.3 Å². The maximum Gasteiger partial charge on any atom is 0.412 e. The molecule has 0 amide bonds. The molecule has 1 aromatic rings. The number of hydrogen-bond acceptors (Lipinski definition) is 9. The summed E-state index contributed by atoms with van der Waals surface area (Å²) in [4.78, 5) is 30.3. The van der Waals surface area contributed by atoms with Gasteiger partial charge in [-0.3, -0.25) is 9.59 Å². The molecule has 4 N–H and O–H groups in total. The van der Waals surface area contributed by atoms with E-state index in [0.717, 1.165) is 6.08 Å². The average Bonchev–Trinajstić information content (AvgIpc) is 3.49. The van der Waals surface area contributed by atoms with Crippen LogP contribution < -0.4 is 5.32 Å². The zero-order chi connectivity index (χ0) is 29.3. The molecule has 0 radical (unpaired) electrons. The summed E-state index contributed by atoms with van der Waals surface area (Å²) in [6, 6.07) is -0.955. The third-order valence-corrected chi connectivity index (χ3v) is 8.69. The Labute approximate surface area is 230 Å². The van der Waals surface area contributed by atoms with Gasteiger partial charge in [0.15, 0.2) is 0 Å². The molecule has 218 valence electrons. The number of aromatic nitrogens is 1. The Morgan fingerprint density at radius 2 is 1.92 bits per heavy atom. The summed E-state index contributed by atoms with van der Waals surface area (Å²) in [5.41, 5.74) is -1.29. The van der Waals surface area contributed by atoms with E-state index in [0.29, 0.717) is 16.3 Å². The van der Waals surface area contributed by atoms with Crippen LogP contribution in [-0.4, -0.2) is 68.6 Å². The third kappa shape index (κ3) is 7.55. The fourth-order valence-corrected chi connectivity index (χ4v) is 5.62. The summed E-state index contributed by atoms with van der Waals surface area (Å²) in [6.45, 7) is 7.52. The number of thiazole rings is 1. The number of ether oxygens (including phenoxy) is 1. The summed E-state index contributed by atoms with van der Waals surface area (Å²) in [7, 11) is 0. The van der Waals surface area contributed by atoms with Crippen molar-refractivity contribution in [3.05, 3.63) is 33.3 Å². The quantitative estimate of drug-likeness (QED) is 0.244. The molecule has 12 heteroatoms. The minimum Gasteiger partial charge on any atom is -0.457 e. The van der Waals surface area contributed by atoms with E-state index < -0.39 is 77.6 Å². The largest absolute Gasteiger partial charge is 0.457 e. The van der Waals surface area contributed by atoms with Crippen molar-refractivity contribution in [2.75, 3.05) is 0 Å². The predicted molar refractivity (Wildman–Crippen MR) is 139 cm³/mol. The molecular formula is C27H37F3N2O6S. The van der Waals surface area contributed by atoms with Gasteiger partial charge in [-0.2, -0.15) is 13.2 Å². The van der Waals surface area contributed by atoms with E-state index in [1.54, 1.807) is 25.3 Å². The molecule has 0 aliphatic carbocycles. The number of cyclic esters (lactones) is 1. The summed E-state index contributed by atoms with van der Waals surface area (Å²) in [5.74, 6) is -2.78. The van der Waals surface area contributed by atoms with Crippen LogP contribution in [0.15, 0.2) is 22.6 Å². The van der Waals surface area contributed by atoms with E-state index in [2.05, 4.69) is 10.3 Å². The smallest absolute Gasteiger partial charge is 0.412 e. The molecule has 0 saturated carbocycles. The van der Waals surface area contributed by atoms with Crippen LogP contribution in [0.4, 0.5) is 13.2 Å².